The van der Waals surface area contributed by atoms with Crippen LogP contribution in [0.5, 0.6) is 0 Å². The van der Waals surface area contributed by atoms with Gasteiger partial charge in [-0.2, -0.15) is 5.26 Å². The maximum atomic E-state index is 12.3. The first kappa shape index (κ1) is 18.7. The van der Waals surface area contributed by atoms with Gasteiger partial charge in [-0.1, -0.05) is 30.3 Å². The van der Waals surface area contributed by atoms with Crippen molar-refractivity contribution in [2.75, 3.05) is 39.3 Å². The molecule has 2 heterocycles. The maximum absolute atomic E-state index is 12.3. The van der Waals surface area contributed by atoms with Crippen molar-refractivity contribution < 1.29 is 4.79 Å². The number of nitriles is 1. The van der Waals surface area contributed by atoms with Gasteiger partial charge in [0.1, 0.15) is 0 Å². The minimum Gasteiger partial charge on any atom is -0.338 e. The van der Waals surface area contributed by atoms with Crippen molar-refractivity contribution in [2.45, 2.75) is 32.1 Å². The average Bonchev–Trinajstić information content (AvgIpc) is 2.72. The summed E-state index contributed by atoms with van der Waals surface area (Å²) in [6.07, 6.45) is 5.26. The first-order chi connectivity index (χ1) is 12.7. The summed E-state index contributed by atoms with van der Waals surface area (Å²) in [4.78, 5) is 16.7. The molecule has 1 aromatic rings. The molecule has 1 aromatic carbocycles. The summed E-state index contributed by atoms with van der Waals surface area (Å²) in [7, 11) is 0. The fourth-order valence-electron chi connectivity index (χ4n) is 3.96. The Morgan fingerprint density at radius 3 is 2.65 bits per heavy atom. The second-order valence-corrected chi connectivity index (χ2v) is 7.62. The van der Waals surface area contributed by atoms with E-state index in [0.29, 0.717) is 12.5 Å². The van der Waals surface area contributed by atoms with Gasteiger partial charge in [0.05, 0.1) is 12.0 Å². The second kappa shape index (κ2) is 9.59. The molecule has 2 aliphatic heterocycles. The van der Waals surface area contributed by atoms with Crippen LogP contribution in [-0.2, 0) is 6.42 Å². The SMILES string of the molecule is N#C[C@@H]1CCCN(C(=O)NCC2CCN(CCc3ccccc3)CC2)C1. The van der Waals surface area contributed by atoms with Gasteiger partial charge in [-0.05, 0) is 56.7 Å². The quantitative estimate of drug-likeness (QED) is 0.884. The van der Waals surface area contributed by atoms with E-state index in [9.17, 15) is 4.79 Å². The molecule has 3 rings (SSSR count). The van der Waals surface area contributed by atoms with Gasteiger partial charge in [0.25, 0.3) is 0 Å². The number of likely N-dealkylation sites (tertiary alicyclic amines) is 2. The van der Waals surface area contributed by atoms with Crippen LogP contribution in [0.3, 0.4) is 0 Å². The van der Waals surface area contributed by atoms with Crippen LogP contribution in [0.25, 0.3) is 0 Å². The Labute approximate surface area is 157 Å². The predicted molar refractivity (Wildman–Crippen MR) is 103 cm³/mol. The third kappa shape index (κ3) is 5.47. The maximum Gasteiger partial charge on any atom is 0.317 e. The van der Waals surface area contributed by atoms with Gasteiger partial charge in [-0.3, -0.25) is 0 Å². The zero-order chi connectivity index (χ0) is 18.2. The van der Waals surface area contributed by atoms with Gasteiger partial charge in [0.15, 0.2) is 0 Å². The summed E-state index contributed by atoms with van der Waals surface area (Å²) in [6, 6.07) is 13.0. The molecule has 0 aromatic heterocycles. The van der Waals surface area contributed by atoms with E-state index < -0.39 is 0 Å². The molecule has 0 saturated carbocycles. The van der Waals surface area contributed by atoms with E-state index in [-0.39, 0.29) is 11.9 Å². The molecule has 0 bridgehead atoms. The van der Waals surface area contributed by atoms with E-state index in [2.05, 4.69) is 46.6 Å². The lowest BCUT2D eigenvalue weighted by Crippen LogP contribution is -2.47. The van der Waals surface area contributed by atoms with Crippen LogP contribution in [0.4, 0.5) is 4.79 Å². The Morgan fingerprint density at radius 2 is 1.92 bits per heavy atom. The molecule has 0 unspecified atom stereocenters. The Kier molecular flexibility index (Phi) is 6.90. The highest BCUT2D eigenvalue weighted by molar-refractivity contribution is 5.74. The van der Waals surface area contributed by atoms with E-state index in [1.807, 2.05) is 4.90 Å². The Balaban J connectivity index is 1.32. The number of rotatable bonds is 5. The number of nitrogens with one attached hydrogen (secondary N) is 1. The van der Waals surface area contributed by atoms with Crippen molar-refractivity contribution in [3.8, 4) is 6.07 Å². The van der Waals surface area contributed by atoms with E-state index in [0.717, 1.165) is 64.8 Å². The van der Waals surface area contributed by atoms with Gasteiger partial charge in [-0.15, -0.1) is 0 Å². The number of nitrogens with zero attached hydrogens (tertiary/aromatic N) is 3. The van der Waals surface area contributed by atoms with Crippen LogP contribution in [0, 0.1) is 23.2 Å². The van der Waals surface area contributed by atoms with E-state index in [1.165, 1.54) is 5.56 Å². The van der Waals surface area contributed by atoms with Crippen LogP contribution in [0.15, 0.2) is 30.3 Å². The molecule has 26 heavy (non-hydrogen) atoms. The number of piperidine rings is 2. The number of urea groups is 1. The molecule has 2 aliphatic rings. The third-order valence-electron chi connectivity index (χ3n) is 5.70. The summed E-state index contributed by atoms with van der Waals surface area (Å²) in [5, 5.41) is 12.2. The highest BCUT2D eigenvalue weighted by Crippen LogP contribution is 2.18. The molecular formula is C21H30N4O. The van der Waals surface area contributed by atoms with Gasteiger partial charge in [-0.25, -0.2) is 4.79 Å². The molecule has 1 N–H and O–H groups in total. The van der Waals surface area contributed by atoms with Crippen LogP contribution < -0.4 is 5.32 Å². The average molecular weight is 354 g/mol. The highest BCUT2D eigenvalue weighted by Gasteiger charge is 2.24. The molecule has 140 valence electrons. The largest absolute Gasteiger partial charge is 0.338 e. The van der Waals surface area contributed by atoms with E-state index in [4.69, 9.17) is 5.26 Å². The molecule has 5 heteroatoms. The summed E-state index contributed by atoms with van der Waals surface area (Å²) in [5.41, 5.74) is 1.40. The summed E-state index contributed by atoms with van der Waals surface area (Å²) in [6.45, 7) is 5.48. The molecule has 1 atom stereocenters. The number of hydrogen-bond acceptors (Lipinski definition) is 3. The molecule has 0 spiro atoms. The summed E-state index contributed by atoms with van der Waals surface area (Å²) in [5.74, 6) is 0.575. The standard InChI is InChI=1S/C21H30N4O/c22-15-20-7-4-11-25(17-20)21(26)23-16-19-9-13-24(14-10-19)12-8-18-5-2-1-3-6-18/h1-3,5-6,19-20H,4,7-14,16-17H2,(H,23,26)/t20-/m0/s1. The van der Waals surface area contributed by atoms with Crippen LogP contribution in [-0.4, -0.2) is 55.1 Å². The molecule has 0 aliphatic carbocycles. The van der Waals surface area contributed by atoms with Crippen molar-refractivity contribution >= 4 is 6.03 Å². The smallest absolute Gasteiger partial charge is 0.317 e. The van der Waals surface area contributed by atoms with Crippen molar-refractivity contribution in [2.24, 2.45) is 11.8 Å². The molecule has 2 amide bonds. The van der Waals surface area contributed by atoms with Crippen molar-refractivity contribution in [3.63, 3.8) is 0 Å². The van der Waals surface area contributed by atoms with Gasteiger partial charge >= 0.3 is 6.03 Å². The topological polar surface area (TPSA) is 59.4 Å². The van der Waals surface area contributed by atoms with Crippen molar-refractivity contribution in [1.82, 2.24) is 15.1 Å². The zero-order valence-electron chi connectivity index (χ0n) is 15.6. The molecule has 5 nitrogen and oxygen atoms in total. The molecule has 2 saturated heterocycles. The molecular weight excluding hydrogens is 324 g/mol. The lowest BCUT2D eigenvalue weighted by atomic mass is 9.96. The van der Waals surface area contributed by atoms with Crippen LogP contribution in [0.1, 0.15) is 31.2 Å². The third-order valence-corrected chi connectivity index (χ3v) is 5.70. The fraction of sp³-hybridized carbons (Fsp3) is 0.619. The Bertz CT molecular complexity index is 604. The van der Waals surface area contributed by atoms with Gasteiger partial charge < -0.3 is 15.1 Å². The Morgan fingerprint density at radius 1 is 1.15 bits per heavy atom. The minimum atomic E-state index is 0.00218. The lowest BCUT2D eigenvalue weighted by Gasteiger charge is -2.33. The first-order valence-corrected chi connectivity index (χ1v) is 9.93. The fourth-order valence-corrected chi connectivity index (χ4v) is 3.96. The number of amides is 2. The first-order valence-electron chi connectivity index (χ1n) is 9.93. The van der Waals surface area contributed by atoms with Crippen molar-refractivity contribution in [3.05, 3.63) is 35.9 Å². The minimum absolute atomic E-state index is 0.00218. The van der Waals surface area contributed by atoms with Crippen LogP contribution in [0.2, 0.25) is 0 Å². The summed E-state index contributed by atoms with van der Waals surface area (Å²) >= 11 is 0. The normalized spacial score (nSPS) is 22.0. The predicted octanol–water partition coefficient (Wildman–Crippen LogP) is 2.89. The van der Waals surface area contributed by atoms with Crippen molar-refractivity contribution in [1.29, 1.82) is 5.26 Å². The zero-order valence-corrected chi connectivity index (χ0v) is 15.6. The van der Waals surface area contributed by atoms with Crippen LogP contribution >= 0.6 is 0 Å². The highest BCUT2D eigenvalue weighted by atomic mass is 16.2. The number of hydrogen-bond donors (Lipinski definition) is 1. The van der Waals surface area contributed by atoms with Gasteiger partial charge in [0, 0.05) is 26.2 Å². The van der Waals surface area contributed by atoms with Gasteiger partial charge in [0.2, 0.25) is 0 Å². The Hall–Kier alpha value is -2.06. The van der Waals surface area contributed by atoms with E-state index >= 15 is 0 Å². The number of carbonyl (C=O) groups is 1. The molecule has 2 fully saturated rings. The second-order valence-electron chi connectivity index (χ2n) is 7.62. The summed E-state index contributed by atoms with van der Waals surface area (Å²) < 4.78 is 0. The lowest BCUT2D eigenvalue weighted by molar-refractivity contribution is 0.163. The monoisotopic (exact) mass is 354 g/mol. The molecule has 0 radical (unpaired) electrons. The number of benzene rings is 1. The number of carbonyl (C=O) groups excluding carboxylic acids is 1. The van der Waals surface area contributed by atoms with E-state index in [1.54, 1.807) is 0 Å².